The van der Waals surface area contributed by atoms with Gasteiger partial charge in [-0.1, -0.05) is 6.07 Å². The minimum absolute atomic E-state index is 0.277. The van der Waals surface area contributed by atoms with E-state index in [1.54, 1.807) is 0 Å². The molecular weight excluding hydrogens is 511 g/mol. The number of nitrogen functional groups attached to an aromatic ring is 1. The summed E-state index contributed by atoms with van der Waals surface area (Å²) in [5, 5.41) is 10.1. The fourth-order valence-corrected chi connectivity index (χ4v) is 7.77. The number of nitriles is 1. The first-order chi connectivity index (χ1) is 19.5. The minimum atomic E-state index is -0.814. The fourth-order valence-electron chi connectivity index (χ4n) is 7.77. The molecule has 0 saturated carbocycles. The van der Waals surface area contributed by atoms with Crippen LogP contribution in [-0.4, -0.2) is 72.6 Å². The molecule has 9 nitrogen and oxygen atoms in total. The van der Waals surface area contributed by atoms with E-state index < -0.39 is 11.8 Å². The molecule has 40 heavy (non-hydrogen) atoms. The molecule has 1 spiro atoms. The number of aromatic nitrogens is 2. The van der Waals surface area contributed by atoms with Gasteiger partial charge in [0.2, 0.25) is 0 Å². The SMILES string of the molecule is N#Cc1c(N)ccc2c1C1(CCC2)Cc2nc(OC[C@@]34CCCN3C[C@H](F)C4)nc(N3CCCOCC3)c2CO1. The van der Waals surface area contributed by atoms with Crippen molar-refractivity contribution in [2.75, 3.05) is 56.6 Å². The van der Waals surface area contributed by atoms with Gasteiger partial charge in [0, 0.05) is 55.9 Å². The molecule has 3 atom stereocenters. The number of nitrogens with two attached hydrogens (primary N) is 1. The summed E-state index contributed by atoms with van der Waals surface area (Å²) in [6.45, 7) is 5.05. The maximum absolute atomic E-state index is 14.4. The van der Waals surface area contributed by atoms with Crippen LogP contribution >= 0.6 is 0 Å². The van der Waals surface area contributed by atoms with Crippen molar-refractivity contribution in [2.24, 2.45) is 0 Å². The van der Waals surface area contributed by atoms with Crippen LogP contribution in [0, 0.1) is 11.3 Å². The molecule has 2 N–H and O–H groups in total. The molecule has 0 amide bonds. The third kappa shape index (κ3) is 4.30. The predicted octanol–water partition coefficient (Wildman–Crippen LogP) is 3.42. The summed E-state index contributed by atoms with van der Waals surface area (Å²) in [6, 6.07) is 6.56. The van der Waals surface area contributed by atoms with Gasteiger partial charge in [0.05, 0.1) is 30.0 Å². The summed E-state index contributed by atoms with van der Waals surface area (Å²) >= 11 is 0. The average Bonchev–Trinajstić information content (AvgIpc) is 3.33. The number of aryl methyl sites for hydroxylation is 1. The van der Waals surface area contributed by atoms with Crippen LogP contribution < -0.4 is 15.4 Å². The molecule has 10 heteroatoms. The zero-order chi connectivity index (χ0) is 27.3. The van der Waals surface area contributed by atoms with Gasteiger partial charge in [-0.25, -0.2) is 4.39 Å². The lowest BCUT2D eigenvalue weighted by atomic mass is 9.72. The second-order valence-corrected chi connectivity index (χ2v) is 12.1. The van der Waals surface area contributed by atoms with Gasteiger partial charge < -0.3 is 24.8 Å². The highest BCUT2D eigenvalue weighted by atomic mass is 19.1. The number of halogens is 1. The Morgan fingerprint density at radius 1 is 1.15 bits per heavy atom. The van der Waals surface area contributed by atoms with E-state index in [9.17, 15) is 9.65 Å². The standard InChI is InChI=1S/C30H37FN6O3/c31-21-14-29(7-2-10-37(29)17-21)19-39-28-34-25-15-30(8-1-4-20-5-6-24(33)22(16-32)26(20)30)40-18-23(25)27(35-28)36-9-3-12-38-13-11-36/h5-6,21H,1-4,7-15,17-19,33H2/t21-,29+,30?/m1/s1. The van der Waals surface area contributed by atoms with E-state index in [1.165, 1.54) is 0 Å². The van der Waals surface area contributed by atoms with E-state index in [0.29, 0.717) is 56.5 Å². The number of nitrogens with zero attached hydrogens (tertiary/aromatic N) is 5. The lowest BCUT2D eigenvalue weighted by Gasteiger charge is -2.43. The highest BCUT2D eigenvalue weighted by Crippen LogP contribution is 2.48. The van der Waals surface area contributed by atoms with Gasteiger partial charge in [0.1, 0.15) is 30.3 Å². The van der Waals surface area contributed by atoms with Crippen LogP contribution in [0.4, 0.5) is 15.9 Å². The maximum Gasteiger partial charge on any atom is 0.318 e. The summed E-state index contributed by atoms with van der Waals surface area (Å²) in [4.78, 5) is 14.4. The van der Waals surface area contributed by atoms with E-state index in [4.69, 9.17) is 29.9 Å². The zero-order valence-electron chi connectivity index (χ0n) is 23.0. The molecule has 212 valence electrons. The van der Waals surface area contributed by atoms with Crippen molar-refractivity contribution >= 4 is 11.5 Å². The predicted molar refractivity (Wildman–Crippen MR) is 147 cm³/mol. The maximum atomic E-state index is 14.4. The molecule has 3 saturated heterocycles. The van der Waals surface area contributed by atoms with Crippen molar-refractivity contribution in [3.05, 3.63) is 40.1 Å². The van der Waals surface area contributed by atoms with Gasteiger partial charge in [0.25, 0.3) is 0 Å². The van der Waals surface area contributed by atoms with Crippen LogP contribution in [0.25, 0.3) is 0 Å². The van der Waals surface area contributed by atoms with Crippen LogP contribution in [0.3, 0.4) is 0 Å². The van der Waals surface area contributed by atoms with Gasteiger partial charge in [-0.05, 0) is 56.7 Å². The highest BCUT2D eigenvalue weighted by Gasteiger charge is 2.50. The first-order valence-corrected chi connectivity index (χ1v) is 14.7. The van der Waals surface area contributed by atoms with Crippen LogP contribution in [0.5, 0.6) is 6.01 Å². The Hall–Kier alpha value is -3.00. The fraction of sp³-hybridized carbons (Fsp3) is 0.633. The van der Waals surface area contributed by atoms with Crippen LogP contribution in [0.1, 0.15) is 66.5 Å². The Morgan fingerprint density at radius 2 is 2.08 bits per heavy atom. The largest absolute Gasteiger partial charge is 0.461 e. The summed E-state index contributed by atoms with van der Waals surface area (Å²) in [5.74, 6) is 0.833. The Labute approximate surface area is 234 Å². The monoisotopic (exact) mass is 548 g/mol. The number of anilines is 2. The molecule has 0 radical (unpaired) electrons. The lowest BCUT2D eigenvalue weighted by Crippen LogP contribution is -2.44. The first-order valence-electron chi connectivity index (χ1n) is 14.7. The molecule has 3 fully saturated rings. The van der Waals surface area contributed by atoms with E-state index in [1.807, 2.05) is 12.1 Å². The topological polar surface area (TPSA) is 110 Å². The van der Waals surface area contributed by atoms with Gasteiger partial charge in [-0.3, -0.25) is 4.90 Å². The van der Waals surface area contributed by atoms with Gasteiger partial charge >= 0.3 is 6.01 Å². The van der Waals surface area contributed by atoms with Gasteiger partial charge in [0.15, 0.2) is 0 Å². The van der Waals surface area contributed by atoms with Crippen molar-refractivity contribution in [2.45, 2.75) is 75.3 Å². The smallest absolute Gasteiger partial charge is 0.318 e. The molecule has 7 rings (SSSR count). The molecule has 1 aromatic carbocycles. The van der Waals surface area contributed by atoms with Crippen LogP contribution in [0.15, 0.2) is 12.1 Å². The van der Waals surface area contributed by atoms with E-state index in [0.717, 1.165) is 93.0 Å². The van der Waals surface area contributed by atoms with Crippen molar-refractivity contribution in [1.29, 1.82) is 5.26 Å². The molecule has 1 aromatic heterocycles. The minimum Gasteiger partial charge on any atom is -0.461 e. The van der Waals surface area contributed by atoms with E-state index in [2.05, 4.69) is 15.9 Å². The molecule has 1 unspecified atom stereocenters. The Morgan fingerprint density at radius 3 is 2.98 bits per heavy atom. The summed E-state index contributed by atoms with van der Waals surface area (Å²) in [5.41, 5.74) is 10.2. The van der Waals surface area contributed by atoms with Gasteiger partial charge in [-0.2, -0.15) is 15.2 Å². The molecule has 2 aromatic rings. The lowest BCUT2D eigenvalue weighted by molar-refractivity contribution is -0.0857. The molecule has 1 aliphatic carbocycles. The Kier molecular flexibility index (Phi) is 6.56. The van der Waals surface area contributed by atoms with Crippen molar-refractivity contribution in [3.63, 3.8) is 0 Å². The zero-order valence-corrected chi connectivity index (χ0v) is 23.0. The molecule has 5 aliphatic rings. The second kappa shape index (κ2) is 10.1. The first kappa shape index (κ1) is 25.9. The van der Waals surface area contributed by atoms with Crippen LogP contribution in [0.2, 0.25) is 0 Å². The van der Waals surface area contributed by atoms with Crippen molar-refractivity contribution < 1.29 is 18.6 Å². The Balaban J connectivity index is 1.27. The number of hydrogen-bond acceptors (Lipinski definition) is 9. The van der Waals surface area contributed by atoms with Crippen molar-refractivity contribution in [3.8, 4) is 12.1 Å². The molecular formula is C30H37FN6O3. The highest BCUT2D eigenvalue weighted by molar-refractivity contribution is 5.63. The normalized spacial score (nSPS) is 29.9. The summed E-state index contributed by atoms with van der Waals surface area (Å²) in [7, 11) is 0. The summed E-state index contributed by atoms with van der Waals surface area (Å²) < 4.78 is 33.2. The Bertz CT molecular complexity index is 1340. The molecule has 4 aliphatic heterocycles. The average molecular weight is 549 g/mol. The number of hydrogen-bond donors (Lipinski definition) is 1. The third-order valence-corrected chi connectivity index (χ3v) is 9.67. The third-order valence-electron chi connectivity index (χ3n) is 9.67. The number of alkyl halides is 1. The molecule has 5 heterocycles. The summed E-state index contributed by atoms with van der Waals surface area (Å²) in [6.07, 6.45) is 5.76. The second-order valence-electron chi connectivity index (χ2n) is 12.1. The number of ether oxygens (including phenoxy) is 3. The quantitative estimate of drug-likeness (QED) is 0.575. The van der Waals surface area contributed by atoms with Gasteiger partial charge in [-0.15, -0.1) is 0 Å². The number of fused-ring (bicyclic) bond motifs is 4. The number of rotatable bonds is 4. The van der Waals surface area contributed by atoms with E-state index >= 15 is 0 Å². The van der Waals surface area contributed by atoms with Crippen molar-refractivity contribution in [1.82, 2.24) is 14.9 Å². The van der Waals surface area contributed by atoms with E-state index in [-0.39, 0.29) is 5.54 Å². The molecule has 0 bridgehead atoms. The van der Waals surface area contributed by atoms with Crippen LogP contribution in [-0.2, 0) is 34.5 Å². The number of benzene rings is 1.